The van der Waals surface area contributed by atoms with E-state index in [1.165, 1.54) is 51.6 Å². The van der Waals surface area contributed by atoms with Gasteiger partial charge in [0.05, 0.1) is 6.10 Å². The first kappa shape index (κ1) is 17.3. The number of hydrogen-bond donors (Lipinski definition) is 1. The van der Waals surface area contributed by atoms with Crippen molar-refractivity contribution in [1.82, 2.24) is 4.90 Å². The van der Waals surface area contributed by atoms with Crippen LogP contribution in [0.15, 0.2) is 0 Å². The first-order valence-electron chi connectivity index (χ1n) is 9.30. The molecule has 2 rings (SSSR count). The molecular formula is C19H37NO. The summed E-state index contributed by atoms with van der Waals surface area (Å²) in [5.74, 6) is 2.22. The van der Waals surface area contributed by atoms with Gasteiger partial charge in [0.2, 0.25) is 0 Å². The van der Waals surface area contributed by atoms with Crippen LogP contribution in [0.1, 0.15) is 72.6 Å². The zero-order valence-electron chi connectivity index (χ0n) is 14.8. The van der Waals surface area contributed by atoms with Crippen LogP contribution < -0.4 is 0 Å². The average Bonchev–Trinajstić information content (AvgIpc) is 2.65. The van der Waals surface area contributed by atoms with Crippen molar-refractivity contribution in [3.05, 3.63) is 0 Å². The highest BCUT2D eigenvalue weighted by atomic mass is 16.3. The van der Waals surface area contributed by atoms with Crippen molar-refractivity contribution in [2.24, 2.45) is 23.2 Å². The van der Waals surface area contributed by atoms with E-state index in [9.17, 15) is 5.11 Å². The number of likely N-dealkylation sites (tertiary alicyclic amines) is 1. The molecule has 0 bridgehead atoms. The van der Waals surface area contributed by atoms with E-state index in [0.29, 0.717) is 11.3 Å². The highest BCUT2D eigenvalue weighted by molar-refractivity contribution is 4.87. The molecule has 2 heteroatoms. The predicted molar refractivity (Wildman–Crippen MR) is 90.4 cm³/mol. The molecule has 1 aliphatic carbocycles. The van der Waals surface area contributed by atoms with Crippen LogP contribution in [0.3, 0.4) is 0 Å². The zero-order valence-corrected chi connectivity index (χ0v) is 14.8. The highest BCUT2D eigenvalue weighted by Gasteiger charge is 2.35. The lowest BCUT2D eigenvalue weighted by Crippen LogP contribution is -2.41. The normalized spacial score (nSPS) is 36.4. The Balaban J connectivity index is 1.88. The van der Waals surface area contributed by atoms with E-state index in [1.807, 2.05) is 0 Å². The molecule has 0 aromatic heterocycles. The molecule has 0 amide bonds. The summed E-state index contributed by atoms with van der Waals surface area (Å²) >= 11 is 0. The molecular weight excluding hydrogens is 258 g/mol. The molecule has 0 aromatic rings. The molecule has 2 nitrogen and oxygen atoms in total. The third-order valence-corrected chi connectivity index (χ3v) is 6.18. The number of hydrogen-bond acceptors (Lipinski definition) is 2. The second-order valence-electron chi connectivity index (χ2n) is 8.71. The first-order valence-corrected chi connectivity index (χ1v) is 9.30. The van der Waals surface area contributed by atoms with E-state index in [-0.39, 0.29) is 6.10 Å². The lowest BCUT2D eigenvalue weighted by Gasteiger charge is -2.41. The van der Waals surface area contributed by atoms with E-state index < -0.39 is 0 Å². The van der Waals surface area contributed by atoms with Crippen molar-refractivity contribution in [2.45, 2.75) is 78.7 Å². The van der Waals surface area contributed by atoms with Crippen molar-refractivity contribution in [3.63, 3.8) is 0 Å². The Hall–Kier alpha value is -0.0800. The van der Waals surface area contributed by atoms with Gasteiger partial charge in [0, 0.05) is 6.54 Å². The van der Waals surface area contributed by atoms with Crippen molar-refractivity contribution in [2.75, 3.05) is 19.6 Å². The monoisotopic (exact) mass is 295 g/mol. The Morgan fingerprint density at radius 1 is 1.05 bits per heavy atom. The van der Waals surface area contributed by atoms with Gasteiger partial charge in [-0.1, -0.05) is 34.1 Å². The quantitative estimate of drug-likeness (QED) is 0.838. The summed E-state index contributed by atoms with van der Waals surface area (Å²) < 4.78 is 0. The van der Waals surface area contributed by atoms with E-state index >= 15 is 0 Å². The fourth-order valence-corrected chi connectivity index (χ4v) is 4.38. The van der Waals surface area contributed by atoms with Gasteiger partial charge in [-0.25, -0.2) is 0 Å². The lowest BCUT2D eigenvalue weighted by atomic mass is 9.68. The van der Waals surface area contributed by atoms with Crippen LogP contribution >= 0.6 is 0 Å². The molecule has 1 saturated heterocycles. The topological polar surface area (TPSA) is 23.5 Å². The van der Waals surface area contributed by atoms with E-state index in [1.54, 1.807) is 0 Å². The number of aliphatic hydroxyl groups is 1. The summed E-state index contributed by atoms with van der Waals surface area (Å²) in [4.78, 5) is 2.65. The predicted octanol–water partition coefficient (Wildman–Crippen LogP) is 4.32. The molecule has 1 saturated carbocycles. The fraction of sp³-hybridized carbons (Fsp3) is 1.00. The summed E-state index contributed by atoms with van der Waals surface area (Å²) in [5.41, 5.74) is 0.393. The van der Waals surface area contributed by atoms with Crippen LogP contribution in [-0.4, -0.2) is 35.7 Å². The summed E-state index contributed by atoms with van der Waals surface area (Å²) in [6.45, 7) is 13.1. The molecule has 2 fully saturated rings. The minimum atomic E-state index is -0.0613. The number of rotatable bonds is 3. The standard InChI is InChI=1S/C19H37NO/c1-5-15-7-6-11-20(12-10-15)14-16-13-17(19(2,3)4)8-9-18(16)21/h15-18,21H,5-14H2,1-4H3. The van der Waals surface area contributed by atoms with Crippen LogP contribution in [0.5, 0.6) is 0 Å². The molecule has 0 spiro atoms. The fourth-order valence-electron chi connectivity index (χ4n) is 4.38. The van der Waals surface area contributed by atoms with Gasteiger partial charge in [0.1, 0.15) is 0 Å². The smallest absolute Gasteiger partial charge is 0.0580 e. The van der Waals surface area contributed by atoms with Crippen molar-refractivity contribution < 1.29 is 5.11 Å². The van der Waals surface area contributed by atoms with E-state index in [4.69, 9.17) is 0 Å². The minimum absolute atomic E-state index is 0.0613. The molecule has 2 aliphatic rings. The third kappa shape index (κ3) is 4.96. The van der Waals surface area contributed by atoms with Crippen molar-refractivity contribution >= 4 is 0 Å². The molecule has 1 aliphatic heterocycles. The summed E-state index contributed by atoms with van der Waals surface area (Å²) in [6.07, 6.45) is 8.84. The van der Waals surface area contributed by atoms with Crippen LogP contribution in [0.25, 0.3) is 0 Å². The second kappa shape index (κ2) is 7.46. The van der Waals surface area contributed by atoms with Gasteiger partial charge in [-0.3, -0.25) is 0 Å². The van der Waals surface area contributed by atoms with Gasteiger partial charge < -0.3 is 10.0 Å². The van der Waals surface area contributed by atoms with Gasteiger partial charge in [0.15, 0.2) is 0 Å². The SMILES string of the molecule is CCC1CCCN(CC2CC(C(C)(C)C)CCC2O)CC1. The molecule has 0 aromatic carbocycles. The van der Waals surface area contributed by atoms with Crippen LogP contribution in [0.4, 0.5) is 0 Å². The molecule has 1 heterocycles. The summed E-state index contributed by atoms with van der Waals surface area (Å²) in [7, 11) is 0. The first-order chi connectivity index (χ1) is 9.90. The van der Waals surface area contributed by atoms with Gasteiger partial charge in [-0.15, -0.1) is 0 Å². The molecule has 0 radical (unpaired) electrons. The maximum atomic E-state index is 10.4. The molecule has 1 N–H and O–H groups in total. The van der Waals surface area contributed by atoms with Crippen molar-refractivity contribution in [3.8, 4) is 0 Å². The average molecular weight is 296 g/mol. The second-order valence-corrected chi connectivity index (χ2v) is 8.71. The largest absolute Gasteiger partial charge is 0.393 e. The molecule has 21 heavy (non-hydrogen) atoms. The maximum Gasteiger partial charge on any atom is 0.0580 e. The van der Waals surface area contributed by atoms with Gasteiger partial charge >= 0.3 is 0 Å². The number of aliphatic hydroxyl groups excluding tert-OH is 1. The van der Waals surface area contributed by atoms with Crippen LogP contribution in [0, 0.1) is 23.2 Å². The Kier molecular flexibility index (Phi) is 6.14. The maximum absolute atomic E-state index is 10.4. The number of nitrogens with zero attached hydrogens (tertiary/aromatic N) is 1. The molecule has 4 atom stereocenters. The summed E-state index contributed by atoms with van der Waals surface area (Å²) in [5, 5.41) is 10.4. The summed E-state index contributed by atoms with van der Waals surface area (Å²) in [6, 6.07) is 0. The Morgan fingerprint density at radius 2 is 1.81 bits per heavy atom. The Labute approximate surface area is 132 Å². The Bertz CT molecular complexity index is 309. The zero-order chi connectivity index (χ0) is 15.5. The Morgan fingerprint density at radius 3 is 2.48 bits per heavy atom. The van der Waals surface area contributed by atoms with Crippen molar-refractivity contribution in [1.29, 1.82) is 0 Å². The van der Waals surface area contributed by atoms with E-state index in [0.717, 1.165) is 24.8 Å². The lowest BCUT2D eigenvalue weighted by molar-refractivity contribution is 0.00357. The van der Waals surface area contributed by atoms with E-state index in [2.05, 4.69) is 32.6 Å². The highest BCUT2D eigenvalue weighted by Crippen LogP contribution is 2.40. The van der Waals surface area contributed by atoms with Gasteiger partial charge in [0.25, 0.3) is 0 Å². The van der Waals surface area contributed by atoms with Gasteiger partial charge in [-0.2, -0.15) is 0 Å². The minimum Gasteiger partial charge on any atom is -0.393 e. The van der Waals surface area contributed by atoms with Gasteiger partial charge in [-0.05, 0) is 74.8 Å². The molecule has 124 valence electrons. The van der Waals surface area contributed by atoms with Crippen LogP contribution in [0.2, 0.25) is 0 Å². The third-order valence-electron chi connectivity index (χ3n) is 6.18. The molecule has 4 unspecified atom stereocenters. The van der Waals surface area contributed by atoms with Crippen LogP contribution in [-0.2, 0) is 0 Å².